The molecule has 0 heterocycles. The van der Waals surface area contributed by atoms with Crippen LogP contribution in [0.25, 0.3) is 0 Å². The highest BCUT2D eigenvalue weighted by atomic mass is 16.5. The Bertz CT molecular complexity index is 564. The van der Waals surface area contributed by atoms with E-state index in [9.17, 15) is 4.79 Å². The molecule has 0 aliphatic heterocycles. The van der Waals surface area contributed by atoms with Gasteiger partial charge in [-0.25, -0.2) is 0 Å². The highest BCUT2D eigenvalue weighted by Crippen LogP contribution is 2.48. The van der Waals surface area contributed by atoms with Crippen LogP contribution in [0, 0.1) is 5.92 Å². The van der Waals surface area contributed by atoms with Gasteiger partial charge < -0.3 is 15.4 Å². The van der Waals surface area contributed by atoms with Crippen LogP contribution in [0.1, 0.15) is 71.8 Å². The van der Waals surface area contributed by atoms with E-state index in [2.05, 4.69) is 48.7 Å². The van der Waals surface area contributed by atoms with Crippen LogP contribution in [0.5, 0.6) is 5.75 Å². The lowest BCUT2D eigenvalue weighted by Crippen LogP contribution is -2.53. The van der Waals surface area contributed by atoms with Gasteiger partial charge in [0.05, 0.1) is 6.61 Å². The van der Waals surface area contributed by atoms with E-state index in [-0.39, 0.29) is 11.3 Å². The average Bonchev–Trinajstić information content (AvgIpc) is 2.59. The fourth-order valence-corrected chi connectivity index (χ4v) is 4.23. The number of nitrogens with one attached hydrogen (secondary N) is 2. The predicted molar refractivity (Wildman–Crippen MR) is 112 cm³/mol. The standard InChI is InChI=1S/C23H38N2O2/c1-5-24-22(26)9-7-16-25-21(17-18(3)4)23(14-8-15-23)19-10-12-20(13-11-19)27-6-2/h10-13,18,21,25H,5-9,14-17H2,1-4H3,(H,24,26). The highest BCUT2D eigenvalue weighted by Gasteiger charge is 2.45. The van der Waals surface area contributed by atoms with Crippen LogP contribution >= 0.6 is 0 Å². The number of amides is 1. The molecule has 1 aliphatic rings. The first-order valence-corrected chi connectivity index (χ1v) is 10.7. The molecule has 1 fully saturated rings. The number of hydrogen-bond donors (Lipinski definition) is 2. The van der Waals surface area contributed by atoms with Gasteiger partial charge in [-0.2, -0.15) is 0 Å². The molecule has 4 heteroatoms. The largest absolute Gasteiger partial charge is 0.494 e. The Kier molecular flexibility index (Phi) is 8.62. The summed E-state index contributed by atoms with van der Waals surface area (Å²) in [7, 11) is 0. The van der Waals surface area contributed by atoms with E-state index in [1.165, 1.54) is 24.8 Å². The lowest BCUT2D eigenvalue weighted by atomic mass is 9.59. The van der Waals surface area contributed by atoms with Crippen LogP contribution < -0.4 is 15.4 Å². The first-order chi connectivity index (χ1) is 13.0. The summed E-state index contributed by atoms with van der Waals surface area (Å²) in [6.45, 7) is 10.9. The van der Waals surface area contributed by atoms with Gasteiger partial charge in [0.1, 0.15) is 5.75 Å². The molecular formula is C23H38N2O2. The van der Waals surface area contributed by atoms with Crippen LogP contribution in [0.15, 0.2) is 24.3 Å². The minimum absolute atomic E-state index is 0.157. The summed E-state index contributed by atoms with van der Waals surface area (Å²) in [6.07, 6.45) is 6.42. The van der Waals surface area contributed by atoms with Gasteiger partial charge in [0, 0.05) is 24.4 Å². The molecule has 0 saturated heterocycles. The molecule has 2 N–H and O–H groups in total. The van der Waals surface area contributed by atoms with E-state index in [0.29, 0.717) is 31.5 Å². The van der Waals surface area contributed by atoms with Crippen LogP contribution in [-0.2, 0) is 10.2 Å². The molecule has 0 aromatic heterocycles. The van der Waals surface area contributed by atoms with Crippen molar-refractivity contribution in [1.82, 2.24) is 10.6 Å². The Balaban J connectivity index is 2.04. The topological polar surface area (TPSA) is 50.4 Å². The number of carbonyl (C=O) groups excluding carboxylic acids is 1. The molecular weight excluding hydrogens is 336 g/mol. The van der Waals surface area contributed by atoms with Crippen molar-refractivity contribution in [1.29, 1.82) is 0 Å². The van der Waals surface area contributed by atoms with Crippen LogP contribution in [0.2, 0.25) is 0 Å². The third-order valence-electron chi connectivity index (χ3n) is 5.71. The zero-order chi connectivity index (χ0) is 19.7. The Morgan fingerprint density at radius 1 is 1.19 bits per heavy atom. The second kappa shape index (κ2) is 10.7. The van der Waals surface area contributed by atoms with Crippen molar-refractivity contribution in [3.8, 4) is 5.75 Å². The van der Waals surface area contributed by atoms with Gasteiger partial charge in [0.25, 0.3) is 0 Å². The lowest BCUT2D eigenvalue weighted by Gasteiger charge is -2.49. The Labute approximate surface area is 165 Å². The van der Waals surface area contributed by atoms with Gasteiger partial charge in [-0.1, -0.05) is 32.4 Å². The molecule has 0 bridgehead atoms. The molecule has 2 rings (SSSR count). The Morgan fingerprint density at radius 2 is 1.89 bits per heavy atom. The Morgan fingerprint density at radius 3 is 2.41 bits per heavy atom. The van der Waals surface area contributed by atoms with E-state index >= 15 is 0 Å². The molecule has 1 unspecified atom stereocenters. The summed E-state index contributed by atoms with van der Waals surface area (Å²) >= 11 is 0. The summed E-state index contributed by atoms with van der Waals surface area (Å²) in [5.74, 6) is 1.75. The molecule has 1 aromatic rings. The van der Waals surface area contributed by atoms with Crippen molar-refractivity contribution in [2.45, 2.75) is 77.7 Å². The second-order valence-corrected chi connectivity index (χ2v) is 8.16. The van der Waals surface area contributed by atoms with Crippen LogP contribution in [-0.4, -0.2) is 31.6 Å². The maximum atomic E-state index is 11.7. The number of hydrogen-bond acceptors (Lipinski definition) is 3. The van der Waals surface area contributed by atoms with Crippen molar-refractivity contribution in [3.63, 3.8) is 0 Å². The zero-order valence-corrected chi connectivity index (χ0v) is 17.6. The van der Waals surface area contributed by atoms with E-state index in [0.717, 1.165) is 25.1 Å². The first-order valence-electron chi connectivity index (χ1n) is 10.7. The predicted octanol–water partition coefficient (Wildman–Crippen LogP) is 4.43. The zero-order valence-electron chi connectivity index (χ0n) is 17.6. The molecule has 4 nitrogen and oxygen atoms in total. The summed E-state index contributed by atoms with van der Waals surface area (Å²) in [6, 6.07) is 9.20. The molecule has 152 valence electrons. The number of ether oxygens (including phenoxy) is 1. The maximum absolute atomic E-state index is 11.7. The van der Waals surface area contributed by atoms with Crippen LogP contribution in [0.3, 0.4) is 0 Å². The van der Waals surface area contributed by atoms with E-state index in [4.69, 9.17) is 4.74 Å². The molecule has 1 amide bonds. The Hall–Kier alpha value is -1.55. The minimum Gasteiger partial charge on any atom is -0.494 e. The monoisotopic (exact) mass is 374 g/mol. The van der Waals surface area contributed by atoms with Gasteiger partial charge >= 0.3 is 0 Å². The number of benzene rings is 1. The van der Waals surface area contributed by atoms with Gasteiger partial charge in [0.15, 0.2) is 0 Å². The smallest absolute Gasteiger partial charge is 0.220 e. The molecule has 27 heavy (non-hydrogen) atoms. The molecule has 1 aliphatic carbocycles. The average molecular weight is 375 g/mol. The van der Waals surface area contributed by atoms with Gasteiger partial charge in [0.2, 0.25) is 5.91 Å². The SMILES string of the molecule is CCNC(=O)CCCNC(CC(C)C)C1(c2ccc(OCC)cc2)CCC1. The molecule has 0 spiro atoms. The van der Waals surface area contributed by atoms with Gasteiger partial charge in [-0.05, 0) is 69.7 Å². The summed E-state index contributed by atoms with van der Waals surface area (Å²) in [4.78, 5) is 11.7. The maximum Gasteiger partial charge on any atom is 0.220 e. The highest BCUT2D eigenvalue weighted by molar-refractivity contribution is 5.75. The lowest BCUT2D eigenvalue weighted by molar-refractivity contribution is -0.121. The second-order valence-electron chi connectivity index (χ2n) is 8.16. The van der Waals surface area contributed by atoms with Crippen molar-refractivity contribution >= 4 is 5.91 Å². The van der Waals surface area contributed by atoms with Crippen molar-refractivity contribution < 1.29 is 9.53 Å². The molecule has 0 radical (unpaired) electrons. The number of rotatable bonds is 12. The summed E-state index contributed by atoms with van der Waals surface area (Å²) in [5, 5.41) is 6.70. The molecule has 1 saturated carbocycles. The van der Waals surface area contributed by atoms with Crippen molar-refractivity contribution in [2.75, 3.05) is 19.7 Å². The third-order valence-corrected chi connectivity index (χ3v) is 5.71. The van der Waals surface area contributed by atoms with Gasteiger partial charge in [-0.15, -0.1) is 0 Å². The van der Waals surface area contributed by atoms with Crippen molar-refractivity contribution in [3.05, 3.63) is 29.8 Å². The minimum atomic E-state index is 0.157. The fourth-order valence-electron chi connectivity index (χ4n) is 4.23. The third kappa shape index (κ3) is 5.97. The normalized spacial score (nSPS) is 16.6. The number of carbonyl (C=O) groups is 1. The van der Waals surface area contributed by atoms with Crippen molar-refractivity contribution in [2.24, 2.45) is 5.92 Å². The molecule has 1 atom stereocenters. The first kappa shape index (κ1) is 21.7. The summed E-state index contributed by atoms with van der Waals surface area (Å²) in [5.41, 5.74) is 1.65. The van der Waals surface area contributed by atoms with E-state index < -0.39 is 0 Å². The van der Waals surface area contributed by atoms with E-state index in [1.807, 2.05) is 13.8 Å². The quantitative estimate of drug-likeness (QED) is 0.532. The summed E-state index contributed by atoms with van der Waals surface area (Å²) < 4.78 is 5.62. The van der Waals surface area contributed by atoms with Gasteiger partial charge in [-0.3, -0.25) is 4.79 Å². The van der Waals surface area contributed by atoms with E-state index in [1.54, 1.807) is 0 Å². The van der Waals surface area contributed by atoms with Crippen LogP contribution in [0.4, 0.5) is 0 Å². The molecule has 1 aromatic carbocycles. The fraction of sp³-hybridized carbons (Fsp3) is 0.696.